The zero-order valence-electron chi connectivity index (χ0n) is 13.1. The molecule has 0 spiro atoms. The SMILES string of the molecule is CCOc1cccc(C(C)(C)CCNCC(C)C)c1. The van der Waals surface area contributed by atoms with Crippen LogP contribution in [0.4, 0.5) is 0 Å². The molecule has 108 valence electrons. The molecule has 0 fully saturated rings. The molecular formula is C17H29NO. The van der Waals surface area contributed by atoms with Crippen molar-refractivity contribution in [3.8, 4) is 5.75 Å². The number of ether oxygens (including phenoxy) is 1. The predicted molar refractivity (Wildman–Crippen MR) is 83.0 cm³/mol. The fourth-order valence-electron chi connectivity index (χ4n) is 2.11. The van der Waals surface area contributed by atoms with Crippen molar-refractivity contribution in [3.63, 3.8) is 0 Å². The summed E-state index contributed by atoms with van der Waals surface area (Å²) in [7, 11) is 0. The van der Waals surface area contributed by atoms with Gasteiger partial charge in [0.25, 0.3) is 0 Å². The van der Waals surface area contributed by atoms with Gasteiger partial charge < -0.3 is 10.1 Å². The molecule has 0 aliphatic carbocycles. The van der Waals surface area contributed by atoms with Crippen molar-refractivity contribution in [1.82, 2.24) is 5.32 Å². The number of nitrogens with one attached hydrogen (secondary N) is 1. The second kappa shape index (κ2) is 7.54. The van der Waals surface area contributed by atoms with E-state index in [4.69, 9.17) is 4.74 Å². The minimum atomic E-state index is 0.178. The van der Waals surface area contributed by atoms with Gasteiger partial charge in [0.15, 0.2) is 0 Å². The second-order valence-corrected chi connectivity index (χ2v) is 6.19. The van der Waals surface area contributed by atoms with E-state index in [2.05, 4.69) is 51.2 Å². The zero-order valence-corrected chi connectivity index (χ0v) is 13.1. The maximum Gasteiger partial charge on any atom is 0.119 e. The Balaban J connectivity index is 2.57. The zero-order chi connectivity index (χ0) is 14.3. The van der Waals surface area contributed by atoms with Crippen molar-refractivity contribution >= 4 is 0 Å². The summed E-state index contributed by atoms with van der Waals surface area (Å²) in [5.41, 5.74) is 1.53. The van der Waals surface area contributed by atoms with Crippen molar-refractivity contribution in [3.05, 3.63) is 29.8 Å². The minimum absolute atomic E-state index is 0.178. The van der Waals surface area contributed by atoms with Crippen LogP contribution in [0.25, 0.3) is 0 Å². The van der Waals surface area contributed by atoms with Gasteiger partial charge in [0, 0.05) is 0 Å². The van der Waals surface area contributed by atoms with Gasteiger partial charge in [0.2, 0.25) is 0 Å². The van der Waals surface area contributed by atoms with E-state index in [0.717, 1.165) is 31.9 Å². The highest BCUT2D eigenvalue weighted by Gasteiger charge is 2.20. The molecule has 0 heterocycles. The largest absolute Gasteiger partial charge is 0.494 e. The molecule has 0 unspecified atom stereocenters. The van der Waals surface area contributed by atoms with Crippen LogP contribution in [0.5, 0.6) is 5.75 Å². The third-order valence-corrected chi connectivity index (χ3v) is 3.41. The number of benzene rings is 1. The molecule has 1 aromatic carbocycles. The molecule has 0 aliphatic rings. The van der Waals surface area contributed by atoms with Gasteiger partial charge in [-0.05, 0) is 55.5 Å². The first-order valence-corrected chi connectivity index (χ1v) is 7.39. The first-order chi connectivity index (χ1) is 8.95. The third-order valence-electron chi connectivity index (χ3n) is 3.41. The smallest absolute Gasteiger partial charge is 0.119 e. The average Bonchev–Trinajstić information content (AvgIpc) is 2.35. The number of rotatable bonds is 8. The summed E-state index contributed by atoms with van der Waals surface area (Å²) < 4.78 is 5.58. The topological polar surface area (TPSA) is 21.3 Å². The highest BCUT2D eigenvalue weighted by molar-refractivity contribution is 5.33. The van der Waals surface area contributed by atoms with Gasteiger partial charge >= 0.3 is 0 Å². The van der Waals surface area contributed by atoms with Gasteiger partial charge in [-0.2, -0.15) is 0 Å². The van der Waals surface area contributed by atoms with Crippen LogP contribution in [0.1, 0.15) is 46.6 Å². The van der Waals surface area contributed by atoms with Gasteiger partial charge in [-0.25, -0.2) is 0 Å². The Bertz CT molecular complexity index is 371. The second-order valence-electron chi connectivity index (χ2n) is 6.19. The molecule has 0 radical (unpaired) electrons. The summed E-state index contributed by atoms with van der Waals surface area (Å²) >= 11 is 0. The van der Waals surface area contributed by atoms with Crippen molar-refractivity contribution in [2.24, 2.45) is 5.92 Å². The van der Waals surface area contributed by atoms with Gasteiger partial charge in [0.05, 0.1) is 6.61 Å². The molecule has 2 heteroatoms. The summed E-state index contributed by atoms with van der Waals surface area (Å²) in [6.45, 7) is 14.0. The van der Waals surface area contributed by atoms with Crippen LogP contribution < -0.4 is 10.1 Å². The fraction of sp³-hybridized carbons (Fsp3) is 0.647. The number of hydrogen-bond acceptors (Lipinski definition) is 2. The van der Waals surface area contributed by atoms with Crippen molar-refractivity contribution in [1.29, 1.82) is 0 Å². The van der Waals surface area contributed by atoms with Gasteiger partial charge in [-0.15, -0.1) is 0 Å². The Labute approximate surface area is 118 Å². The van der Waals surface area contributed by atoms with Gasteiger partial charge in [0.1, 0.15) is 5.75 Å². The molecule has 2 nitrogen and oxygen atoms in total. The lowest BCUT2D eigenvalue weighted by Gasteiger charge is -2.26. The summed E-state index contributed by atoms with van der Waals surface area (Å²) in [6, 6.07) is 8.49. The van der Waals surface area contributed by atoms with Crippen LogP contribution in [0, 0.1) is 5.92 Å². The molecular weight excluding hydrogens is 234 g/mol. The minimum Gasteiger partial charge on any atom is -0.494 e. The maximum absolute atomic E-state index is 5.58. The predicted octanol–water partition coefficient (Wildman–Crippen LogP) is 4.00. The standard InChI is InChI=1S/C17H29NO/c1-6-19-16-9-7-8-15(12-16)17(4,5)10-11-18-13-14(2)3/h7-9,12,14,18H,6,10-11,13H2,1-5H3. The monoisotopic (exact) mass is 263 g/mol. The fourth-order valence-corrected chi connectivity index (χ4v) is 2.11. The first kappa shape index (κ1) is 16.0. The average molecular weight is 263 g/mol. The first-order valence-electron chi connectivity index (χ1n) is 7.39. The lowest BCUT2D eigenvalue weighted by molar-refractivity contribution is 0.338. The maximum atomic E-state index is 5.58. The van der Waals surface area contributed by atoms with Crippen LogP contribution in [0.15, 0.2) is 24.3 Å². The van der Waals surface area contributed by atoms with E-state index in [0.29, 0.717) is 5.92 Å². The Morgan fingerprint density at radius 2 is 2.00 bits per heavy atom. The lowest BCUT2D eigenvalue weighted by Crippen LogP contribution is -2.27. The molecule has 0 aliphatic heterocycles. The van der Waals surface area contributed by atoms with E-state index in [9.17, 15) is 0 Å². The molecule has 1 aromatic rings. The van der Waals surface area contributed by atoms with Crippen LogP contribution in [-0.4, -0.2) is 19.7 Å². The van der Waals surface area contributed by atoms with Gasteiger partial charge in [-0.3, -0.25) is 0 Å². The Kier molecular flexibility index (Phi) is 6.36. The molecule has 1 N–H and O–H groups in total. The van der Waals surface area contributed by atoms with E-state index >= 15 is 0 Å². The van der Waals surface area contributed by atoms with Crippen LogP contribution in [0.2, 0.25) is 0 Å². The molecule has 0 bridgehead atoms. The molecule has 0 amide bonds. The highest BCUT2D eigenvalue weighted by atomic mass is 16.5. The Morgan fingerprint density at radius 1 is 1.26 bits per heavy atom. The van der Waals surface area contributed by atoms with E-state index in [1.165, 1.54) is 5.56 Å². The number of hydrogen-bond donors (Lipinski definition) is 1. The quantitative estimate of drug-likeness (QED) is 0.716. The van der Waals surface area contributed by atoms with E-state index in [1.807, 2.05) is 13.0 Å². The van der Waals surface area contributed by atoms with E-state index in [-0.39, 0.29) is 5.41 Å². The normalized spacial score (nSPS) is 11.9. The molecule has 0 aromatic heterocycles. The summed E-state index contributed by atoms with van der Waals surface area (Å²) in [5, 5.41) is 3.52. The van der Waals surface area contributed by atoms with E-state index < -0.39 is 0 Å². The van der Waals surface area contributed by atoms with Crippen LogP contribution >= 0.6 is 0 Å². The molecule has 19 heavy (non-hydrogen) atoms. The van der Waals surface area contributed by atoms with E-state index in [1.54, 1.807) is 0 Å². The Hall–Kier alpha value is -1.02. The molecule has 1 rings (SSSR count). The lowest BCUT2D eigenvalue weighted by atomic mass is 9.81. The molecule has 0 saturated heterocycles. The van der Waals surface area contributed by atoms with Crippen LogP contribution in [-0.2, 0) is 5.41 Å². The van der Waals surface area contributed by atoms with Crippen molar-refractivity contribution in [2.75, 3.05) is 19.7 Å². The van der Waals surface area contributed by atoms with Gasteiger partial charge in [-0.1, -0.05) is 39.8 Å². The van der Waals surface area contributed by atoms with Crippen LogP contribution in [0.3, 0.4) is 0 Å². The summed E-state index contributed by atoms with van der Waals surface area (Å²) in [5.74, 6) is 1.69. The van der Waals surface area contributed by atoms with Crippen molar-refractivity contribution in [2.45, 2.75) is 46.5 Å². The molecule has 0 saturated carbocycles. The summed E-state index contributed by atoms with van der Waals surface area (Å²) in [6.07, 6.45) is 1.13. The molecule has 0 atom stereocenters. The summed E-state index contributed by atoms with van der Waals surface area (Å²) in [4.78, 5) is 0. The highest BCUT2D eigenvalue weighted by Crippen LogP contribution is 2.29. The Morgan fingerprint density at radius 3 is 2.63 bits per heavy atom. The third kappa shape index (κ3) is 5.65. The van der Waals surface area contributed by atoms with Crippen molar-refractivity contribution < 1.29 is 4.74 Å².